The fraction of sp³-hybridized carbons (Fsp3) is 0.368. The Bertz CT molecular complexity index is 984. The first-order valence-corrected chi connectivity index (χ1v) is 8.68. The maximum Gasteiger partial charge on any atom is 0.265 e. The van der Waals surface area contributed by atoms with E-state index in [-0.39, 0.29) is 0 Å². The van der Waals surface area contributed by atoms with Crippen LogP contribution in [-0.4, -0.2) is 26.4 Å². The van der Waals surface area contributed by atoms with Crippen LogP contribution in [0.4, 0.5) is 5.95 Å². The first kappa shape index (κ1) is 15.7. The molecule has 0 spiro atoms. The number of fused-ring (bicyclic) bond motifs is 3. The van der Waals surface area contributed by atoms with Crippen molar-refractivity contribution < 1.29 is 0 Å². The Kier molecular flexibility index (Phi) is 3.95. The number of hydrazone groups is 1. The lowest BCUT2D eigenvalue weighted by atomic mass is 9.82. The van der Waals surface area contributed by atoms with Gasteiger partial charge in [-0.15, -0.1) is 10.2 Å². The van der Waals surface area contributed by atoms with Crippen LogP contribution in [0.3, 0.4) is 0 Å². The summed E-state index contributed by atoms with van der Waals surface area (Å²) in [6.07, 6.45) is 6.44. The number of aryl methyl sites for hydroxylation is 1. The minimum absolute atomic E-state index is 0.405. The largest absolute Gasteiger partial charge is 0.338 e. The van der Waals surface area contributed by atoms with Gasteiger partial charge in [0.05, 0.1) is 0 Å². The molecule has 0 aliphatic heterocycles. The first-order valence-electron chi connectivity index (χ1n) is 8.68. The highest BCUT2D eigenvalue weighted by Gasteiger charge is 2.18. The first-order chi connectivity index (χ1) is 12.1. The predicted molar refractivity (Wildman–Crippen MR) is 102 cm³/mol. The number of H-pyrrole nitrogens is 1. The van der Waals surface area contributed by atoms with Crippen molar-refractivity contribution in [2.75, 3.05) is 5.43 Å². The topological polar surface area (TPSA) is 78.8 Å². The van der Waals surface area contributed by atoms with Crippen LogP contribution in [-0.2, 0) is 0 Å². The Morgan fingerprint density at radius 2 is 2.16 bits per heavy atom. The quantitative estimate of drug-likeness (QED) is 0.427. The summed E-state index contributed by atoms with van der Waals surface area (Å²) in [5, 5.41) is 13.8. The van der Waals surface area contributed by atoms with E-state index in [1.54, 1.807) is 0 Å². The standard InChI is InChI=1S/C19H22N6/c1-11-4-6-14(13(3)8-11)10-20-24-19-22-18-17(23-25-19)15-9-12(2)5-7-16(15)21-18/h4-5,7,9-10,13-14H,6,8H2,1-3H3,(H2,21,22,24,25)/b20-10+. The van der Waals surface area contributed by atoms with Gasteiger partial charge in [-0.25, -0.2) is 5.43 Å². The van der Waals surface area contributed by atoms with Crippen molar-refractivity contribution in [1.29, 1.82) is 0 Å². The van der Waals surface area contributed by atoms with Crippen molar-refractivity contribution >= 4 is 34.2 Å². The van der Waals surface area contributed by atoms with Crippen molar-refractivity contribution in [2.24, 2.45) is 16.9 Å². The molecule has 0 fully saturated rings. The van der Waals surface area contributed by atoms with Gasteiger partial charge in [0.25, 0.3) is 5.95 Å². The number of aromatic nitrogens is 4. The van der Waals surface area contributed by atoms with E-state index in [0.29, 0.717) is 17.8 Å². The summed E-state index contributed by atoms with van der Waals surface area (Å²) in [5.41, 5.74) is 8.10. The number of aromatic amines is 1. The van der Waals surface area contributed by atoms with Crippen LogP contribution in [0.5, 0.6) is 0 Å². The molecule has 1 aliphatic carbocycles. The van der Waals surface area contributed by atoms with Gasteiger partial charge in [0.1, 0.15) is 5.52 Å². The highest BCUT2D eigenvalue weighted by Crippen LogP contribution is 2.28. The molecule has 1 aromatic carbocycles. The van der Waals surface area contributed by atoms with E-state index >= 15 is 0 Å². The third-order valence-electron chi connectivity index (χ3n) is 4.91. The highest BCUT2D eigenvalue weighted by molar-refractivity contribution is 6.03. The van der Waals surface area contributed by atoms with E-state index in [1.165, 1.54) is 11.1 Å². The molecule has 6 heteroatoms. The fourth-order valence-electron chi connectivity index (χ4n) is 3.44. The van der Waals surface area contributed by atoms with Gasteiger partial charge < -0.3 is 4.98 Å². The molecule has 0 bridgehead atoms. The maximum absolute atomic E-state index is 4.49. The SMILES string of the molecule is CC1=CCC(/C=N/Nc2nnc3c(n2)[nH]c2ccc(C)cc23)C(C)C1. The van der Waals surface area contributed by atoms with Gasteiger partial charge in [-0.1, -0.05) is 30.2 Å². The summed E-state index contributed by atoms with van der Waals surface area (Å²) in [6.45, 7) is 6.52. The maximum atomic E-state index is 4.49. The molecule has 0 saturated heterocycles. The Morgan fingerprint density at radius 1 is 1.28 bits per heavy atom. The van der Waals surface area contributed by atoms with Gasteiger partial charge in [0.2, 0.25) is 0 Å². The lowest BCUT2D eigenvalue weighted by Crippen LogP contribution is -2.17. The molecule has 2 atom stereocenters. The molecule has 4 rings (SSSR count). The van der Waals surface area contributed by atoms with E-state index in [2.05, 4.69) is 69.7 Å². The van der Waals surface area contributed by atoms with E-state index in [1.807, 2.05) is 12.3 Å². The van der Waals surface area contributed by atoms with E-state index in [4.69, 9.17) is 0 Å². The third kappa shape index (κ3) is 3.12. The molecule has 128 valence electrons. The summed E-state index contributed by atoms with van der Waals surface area (Å²) in [6, 6.07) is 6.20. The smallest absolute Gasteiger partial charge is 0.265 e. The Hall–Kier alpha value is -2.76. The van der Waals surface area contributed by atoms with Gasteiger partial charge in [0.15, 0.2) is 5.65 Å². The molecule has 6 nitrogen and oxygen atoms in total. The van der Waals surface area contributed by atoms with E-state index in [9.17, 15) is 0 Å². The second-order valence-electron chi connectivity index (χ2n) is 7.03. The number of hydrogen-bond acceptors (Lipinski definition) is 5. The Balaban J connectivity index is 1.54. The van der Waals surface area contributed by atoms with Gasteiger partial charge >= 0.3 is 0 Å². The van der Waals surface area contributed by atoms with Crippen LogP contribution in [0.25, 0.3) is 22.1 Å². The van der Waals surface area contributed by atoms with Crippen molar-refractivity contribution in [3.63, 3.8) is 0 Å². The average Bonchev–Trinajstić information content (AvgIpc) is 2.94. The minimum atomic E-state index is 0.405. The number of nitrogens with zero attached hydrogens (tertiary/aromatic N) is 4. The van der Waals surface area contributed by atoms with Crippen LogP contribution < -0.4 is 5.43 Å². The molecule has 3 aromatic rings. The van der Waals surface area contributed by atoms with Crippen LogP contribution in [0.15, 0.2) is 34.9 Å². The number of allylic oxidation sites excluding steroid dienone is 2. The van der Waals surface area contributed by atoms with Crippen molar-refractivity contribution in [3.8, 4) is 0 Å². The number of hydrogen-bond donors (Lipinski definition) is 2. The molecule has 2 unspecified atom stereocenters. The fourth-order valence-corrected chi connectivity index (χ4v) is 3.44. The summed E-state index contributed by atoms with van der Waals surface area (Å²) >= 11 is 0. The van der Waals surface area contributed by atoms with Crippen molar-refractivity contribution in [3.05, 3.63) is 35.4 Å². The zero-order valence-electron chi connectivity index (χ0n) is 14.7. The second-order valence-corrected chi connectivity index (χ2v) is 7.03. The molecule has 1 aliphatic rings. The number of benzene rings is 1. The number of nitrogens with one attached hydrogen (secondary N) is 2. The zero-order valence-corrected chi connectivity index (χ0v) is 14.7. The summed E-state index contributed by atoms with van der Waals surface area (Å²) in [7, 11) is 0. The van der Waals surface area contributed by atoms with Crippen LogP contribution in [0, 0.1) is 18.8 Å². The number of anilines is 1. The van der Waals surface area contributed by atoms with Crippen LogP contribution >= 0.6 is 0 Å². The monoisotopic (exact) mass is 334 g/mol. The van der Waals surface area contributed by atoms with Crippen molar-refractivity contribution in [2.45, 2.75) is 33.6 Å². The Morgan fingerprint density at radius 3 is 3.00 bits per heavy atom. The van der Waals surface area contributed by atoms with Gasteiger partial charge in [-0.2, -0.15) is 10.1 Å². The molecule has 2 aromatic heterocycles. The summed E-state index contributed by atoms with van der Waals surface area (Å²) < 4.78 is 0. The molecule has 25 heavy (non-hydrogen) atoms. The molecule has 0 radical (unpaired) electrons. The molecule has 0 saturated carbocycles. The normalized spacial score (nSPS) is 21.2. The van der Waals surface area contributed by atoms with Gasteiger partial charge in [-0.3, -0.25) is 0 Å². The minimum Gasteiger partial charge on any atom is -0.338 e. The molecular weight excluding hydrogens is 312 g/mol. The van der Waals surface area contributed by atoms with Crippen LogP contribution in [0.2, 0.25) is 0 Å². The lowest BCUT2D eigenvalue weighted by molar-refractivity contribution is 0.438. The molecule has 0 amide bonds. The number of rotatable bonds is 3. The van der Waals surface area contributed by atoms with Crippen molar-refractivity contribution in [1.82, 2.24) is 20.2 Å². The summed E-state index contributed by atoms with van der Waals surface area (Å²) in [4.78, 5) is 7.77. The summed E-state index contributed by atoms with van der Waals surface area (Å²) in [5.74, 6) is 1.46. The zero-order chi connectivity index (χ0) is 17.4. The average molecular weight is 334 g/mol. The van der Waals surface area contributed by atoms with Gasteiger partial charge in [0, 0.05) is 23.0 Å². The molecule has 2 heterocycles. The predicted octanol–water partition coefficient (Wildman–Crippen LogP) is 4.20. The Labute approximate surface area is 146 Å². The second kappa shape index (κ2) is 6.27. The highest BCUT2D eigenvalue weighted by atomic mass is 15.4. The third-order valence-corrected chi connectivity index (χ3v) is 4.91. The molecular formula is C19H22N6. The van der Waals surface area contributed by atoms with E-state index in [0.717, 1.165) is 34.9 Å². The van der Waals surface area contributed by atoms with E-state index < -0.39 is 0 Å². The van der Waals surface area contributed by atoms with Gasteiger partial charge in [-0.05, 0) is 44.7 Å². The lowest BCUT2D eigenvalue weighted by Gasteiger charge is -2.24. The molecule has 2 N–H and O–H groups in total. The van der Waals surface area contributed by atoms with Crippen LogP contribution in [0.1, 0.15) is 32.3 Å².